The number of hydrogen-bond acceptors (Lipinski definition) is 6. The predicted octanol–water partition coefficient (Wildman–Crippen LogP) is 4.02. The van der Waals surface area contributed by atoms with E-state index in [1.54, 1.807) is 24.4 Å². The molecule has 0 radical (unpaired) electrons. The molecule has 0 fully saturated rings. The molecule has 1 amide bonds. The lowest BCUT2D eigenvalue weighted by Crippen LogP contribution is -2.28. The Morgan fingerprint density at radius 2 is 1.90 bits per heavy atom. The molecule has 0 saturated heterocycles. The summed E-state index contributed by atoms with van der Waals surface area (Å²) in [5, 5.41) is 4.25. The van der Waals surface area contributed by atoms with E-state index in [0.29, 0.717) is 16.6 Å². The van der Waals surface area contributed by atoms with Crippen LogP contribution in [0, 0.1) is 6.92 Å². The molecule has 7 nitrogen and oxygen atoms in total. The molecule has 152 valence electrons. The molecular formula is C23H17N5O2S. The molecule has 0 atom stereocenters. The molecule has 0 bridgehead atoms. The largest absolute Gasteiger partial charge is 0.324 e. The van der Waals surface area contributed by atoms with Gasteiger partial charge in [-0.05, 0) is 55.0 Å². The van der Waals surface area contributed by atoms with Crippen molar-refractivity contribution >= 4 is 44.2 Å². The minimum Gasteiger partial charge on any atom is -0.324 e. The number of thiazole rings is 1. The van der Waals surface area contributed by atoms with Crippen LogP contribution in [0.3, 0.4) is 0 Å². The minimum absolute atomic E-state index is 0.110. The number of carbonyl (C=O) groups is 1. The van der Waals surface area contributed by atoms with Gasteiger partial charge in [-0.25, -0.2) is 15.0 Å². The number of nitrogens with one attached hydrogen (secondary N) is 1. The van der Waals surface area contributed by atoms with Crippen LogP contribution in [0.4, 0.5) is 5.69 Å². The average molecular weight is 427 g/mol. The van der Waals surface area contributed by atoms with E-state index in [1.807, 2.05) is 43.3 Å². The molecule has 0 aliphatic carbocycles. The highest BCUT2D eigenvalue weighted by Crippen LogP contribution is 2.31. The van der Waals surface area contributed by atoms with E-state index in [1.165, 1.54) is 22.2 Å². The van der Waals surface area contributed by atoms with E-state index < -0.39 is 0 Å². The Kier molecular flexibility index (Phi) is 4.76. The van der Waals surface area contributed by atoms with Gasteiger partial charge >= 0.3 is 0 Å². The number of nitrogens with zero attached hydrogens (tertiary/aromatic N) is 4. The number of rotatable bonds is 4. The second-order valence-electron chi connectivity index (χ2n) is 7.12. The maximum Gasteiger partial charge on any atom is 0.261 e. The topological polar surface area (TPSA) is 89.8 Å². The quantitative estimate of drug-likeness (QED) is 0.468. The third-order valence-corrected chi connectivity index (χ3v) is 5.99. The van der Waals surface area contributed by atoms with Gasteiger partial charge in [0.05, 0.1) is 17.2 Å². The van der Waals surface area contributed by atoms with Crippen molar-refractivity contribution in [3.05, 3.63) is 83.0 Å². The number of carbonyl (C=O) groups excluding carboxylic acids is 1. The molecule has 3 heterocycles. The van der Waals surface area contributed by atoms with Crippen molar-refractivity contribution in [3.63, 3.8) is 0 Å². The number of amides is 1. The first kappa shape index (κ1) is 19.1. The predicted molar refractivity (Wildman–Crippen MR) is 122 cm³/mol. The first-order valence-corrected chi connectivity index (χ1v) is 10.5. The summed E-state index contributed by atoms with van der Waals surface area (Å²) in [7, 11) is 0. The normalized spacial score (nSPS) is 11.1. The number of aryl methyl sites for hydroxylation is 1. The van der Waals surface area contributed by atoms with E-state index in [-0.39, 0.29) is 18.0 Å². The van der Waals surface area contributed by atoms with Gasteiger partial charge in [-0.3, -0.25) is 14.2 Å². The van der Waals surface area contributed by atoms with Crippen LogP contribution in [0.15, 0.2) is 71.9 Å². The molecule has 0 unspecified atom stereocenters. The Bertz CT molecular complexity index is 1470. The van der Waals surface area contributed by atoms with Gasteiger partial charge < -0.3 is 5.32 Å². The fourth-order valence-electron chi connectivity index (χ4n) is 3.39. The Hall–Kier alpha value is -3.91. The number of anilines is 1. The van der Waals surface area contributed by atoms with Crippen LogP contribution in [0.2, 0.25) is 0 Å². The van der Waals surface area contributed by atoms with Crippen molar-refractivity contribution in [1.29, 1.82) is 0 Å². The van der Waals surface area contributed by atoms with Gasteiger partial charge in [-0.2, -0.15) is 0 Å². The van der Waals surface area contributed by atoms with Crippen LogP contribution in [-0.4, -0.2) is 25.4 Å². The minimum atomic E-state index is -0.292. The Labute approximate surface area is 181 Å². The molecule has 31 heavy (non-hydrogen) atoms. The van der Waals surface area contributed by atoms with Crippen LogP contribution >= 0.6 is 11.3 Å². The van der Waals surface area contributed by atoms with Crippen molar-refractivity contribution in [3.8, 4) is 10.6 Å². The first-order valence-electron chi connectivity index (χ1n) is 9.65. The van der Waals surface area contributed by atoms with Gasteiger partial charge in [0.2, 0.25) is 5.91 Å². The number of fused-ring (bicyclic) bond motifs is 2. The van der Waals surface area contributed by atoms with Gasteiger partial charge in [-0.1, -0.05) is 23.5 Å². The third kappa shape index (κ3) is 3.69. The summed E-state index contributed by atoms with van der Waals surface area (Å²) in [6.07, 6.45) is 3.16. The van der Waals surface area contributed by atoms with Crippen LogP contribution in [-0.2, 0) is 11.3 Å². The SMILES string of the molecule is Cc1cc(-c2nc3cccnc3s2)ccc1NC(=O)Cn1cnc2ccccc2c1=O. The summed E-state index contributed by atoms with van der Waals surface area (Å²) < 4.78 is 1.31. The summed E-state index contributed by atoms with van der Waals surface area (Å²) in [5.41, 5.74) is 3.80. The summed E-state index contributed by atoms with van der Waals surface area (Å²) >= 11 is 1.53. The summed E-state index contributed by atoms with van der Waals surface area (Å²) in [4.78, 5) is 39.3. The Morgan fingerprint density at radius 1 is 1.06 bits per heavy atom. The molecular weight excluding hydrogens is 410 g/mol. The van der Waals surface area contributed by atoms with Crippen LogP contribution in [0.1, 0.15) is 5.56 Å². The molecule has 1 N–H and O–H groups in total. The lowest BCUT2D eigenvalue weighted by molar-refractivity contribution is -0.116. The number of pyridine rings is 1. The van der Waals surface area contributed by atoms with E-state index >= 15 is 0 Å². The van der Waals surface area contributed by atoms with E-state index in [9.17, 15) is 9.59 Å². The molecule has 0 aliphatic heterocycles. The molecule has 5 aromatic rings. The second kappa shape index (κ2) is 7.73. The average Bonchev–Trinajstić information content (AvgIpc) is 3.22. The van der Waals surface area contributed by atoms with Gasteiger partial charge in [0.25, 0.3) is 5.56 Å². The maximum atomic E-state index is 12.6. The van der Waals surface area contributed by atoms with Gasteiger partial charge in [-0.15, -0.1) is 0 Å². The maximum absolute atomic E-state index is 12.6. The van der Waals surface area contributed by atoms with Crippen molar-refractivity contribution in [2.45, 2.75) is 13.5 Å². The lowest BCUT2D eigenvalue weighted by Gasteiger charge is -2.11. The monoisotopic (exact) mass is 427 g/mol. The van der Waals surface area contributed by atoms with Crippen molar-refractivity contribution < 1.29 is 4.79 Å². The Morgan fingerprint density at radius 3 is 2.74 bits per heavy atom. The number of aromatic nitrogens is 4. The van der Waals surface area contributed by atoms with Gasteiger partial charge in [0, 0.05) is 17.4 Å². The first-order chi connectivity index (χ1) is 15.1. The van der Waals surface area contributed by atoms with Crippen molar-refractivity contribution in [2.24, 2.45) is 0 Å². The number of para-hydroxylation sites is 1. The van der Waals surface area contributed by atoms with Crippen molar-refractivity contribution in [2.75, 3.05) is 5.32 Å². The molecule has 8 heteroatoms. The summed E-state index contributed by atoms with van der Waals surface area (Å²) in [6, 6.07) is 16.6. The summed E-state index contributed by atoms with van der Waals surface area (Å²) in [5.74, 6) is -0.292. The Balaban J connectivity index is 1.36. The number of hydrogen-bond donors (Lipinski definition) is 1. The molecule has 5 rings (SSSR count). The third-order valence-electron chi connectivity index (χ3n) is 4.96. The highest BCUT2D eigenvalue weighted by atomic mass is 32.1. The van der Waals surface area contributed by atoms with Crippen molar-refractivity contribution in [1.82, 2.24) is 19.5 Å². The molecule has 0 aliphatic rings. The van der Waals surface area contributed by atoms with Crippen LogP contribution in [0.25, 0.3) is 31.8 Å². The molecule has 0 spiro atoms. The van der Waals surface area contributed by atoms with Crippen LogP contribution < -0.4 is 10.9 Å². The smallest absolute Gasteiger partial charge is 0.261 e. The van der Waals surface area contributed by atoms with E-state index in [4.69, 9.17) is 0 Å². The summed E-state index contributed by atoms with van der Waals surface area (Å²) in [6.45, 7) is 1.82. The zero-order valence-electron chi connectivity index (χ0n) is 16.6. The van der Waals surface area contributed by atoms with Gasteiger partial charge in [0.15, 0.2) is 0 Å². The van der Waals surface area contributed by atoms with Crippen LogP contribution in [0.5, 0.6) is 0 Å². The lowest BCUT2D eigenvalue weighted by atomic mass is 10.1. The fourth-order valence-corrected chi connectivity index (χ4v) is 4.30. The molecule has 3 aromatic heterocycles. The standard InChI is InChI=1S/C23H17N5O2S/c1-14-11-15(21-27-19-7-4-10-24-22(19)31-21)8-9-17(14)26-20(29)12-28-13-25-18-6-3-2-5-16(18)23(28)30/h2-11,13H,12H2,1H3,(H,26,29). The fraction of sp³-hybridized carbons (Fsp3) is 0.0870. The zero-order chi connectivity index (χ0) is 21.4. The number of benzene rings is 2. The highest BCUT2D eigenvalue weighted by molar-refractivity contribution is 7.21. The second-order valence-corrected chi connectivity index (χ2v) is 8.10. The molecule has 0 saturated carbocycles. The van der Waals surface area contributed by atoms with E-state index in [2.05, 4.69) is 20.3 Å². The highest BCUT2D eigenvalue weighted by Gasteiger charge is 2.12. The zero-order valence-corrected chi connectivity index (χ0v) is 17.4. The van der Waals surface area contributed by atoms with Gasteiger partial charge in [0.1, 0.15) is 21.9 Å². The molecule has 2 aromatic carbocycles. The van der Waals surface area contributed by atoms with E-state index in [0.717, 1.165) is 26.5 Å².